The van der Waals surface area contributed by atoms with Crippen LogP contribution in [0.5, 0.6) is 0 Å². The van der Waals surface area contributed by atoms with Crippen LogP contribution in [0.15, 0.2) is 11.6 Å². The zero-order valence-corrected chi connectivity index (χ0v) is 20.2. The maximum Gasteiger partial charge on any atom is 0.0577 e. The van der Waals surface area contributed by atoms with E-state index in [1.807, 2.05) is 0 Å². The molecule has 2 nitrogen and oxygen atoms in total. The normalized spacial score (nSPS) is 60.1. The van der Waals surface area contributed by atoms with Crippen molar-refractivity contribution in [3.63, 3.8) is 0 Å². The van der Waals surface area contributed by atoms with Crippen molar-refractivity contribution in [3.8, 4) is 0 Å². The Balaban J connectivity index is 1.34. The molecule has 0 unspecified atom stereocenters. The molecule has 0 bridgehead atoms. The molecule has 1 N–H and O–H groups in total. The van der Waals surface area contributed by atoms with Gasteiger partial charge < -0.3 is 5.11 Å². The van der Waals surface area contributed by atoms with Crippen LogP contribution in [0, 0.1) is 46.3 Å². The Morgan fingerprint density at radius 2 is 1.80 bits per heavy atom. The molecule has 0 amide bonds. The van der Waals surface area contributed by atoms with E-state index in [0.717, 1.165) is 54.4 Å². The summed E-state index contributed by atoms with van der Waals surface area (Å²) in [4.78, 5) is 3.04. The van der Waals surface area contributed by atoms with E-state index in [0.29, 0.717) is 16.4 Å². The molecular formula is C28H45NO. The van der Waals surface area contributed by atoms with Gasteiger partial charge in [0.05, 0.1) is 6.10 Å². The molecule has 168 valence electrons. The Labute approximate surface area is 184 Å². The van der Waals surface area contributed by atoms with Crippen LogP contribution in [0.3, 0.4) is 0 Å². The highest BCUT2D eigenvalue weighted by Gasteiger charge is 2.68. The fraction of sp³-hybridized carbons (Fsp3) is 0.929. The molecule has 11 atom stereocenters. The van der Waals surface area contributed by atoms with Crippen molar-refractivity contribution in [2.75, 3.05) is 6.54 Å². The second-order valence-corrected chi connectivity index (χ2v) is 13.5. The SMILES string of the molecule is C[C@H]1CC[C@]2(C)[C@@H](C)[C@H]3[C@H](C[C@@H]4[C@@H]5CC=C6C[C@@H](O)CC[C@]6(C)[C@H]5CC[C@]34C)N2C1. The lowest BCUT2D eigenvalue weighted by molar-refractivity contribution is -0.0635. The lowest BCUT2D eigenvalue weighted by Crippen LogP contribution is -2.54. The van der Waals surface area contributed by atoms with Gasteiger partial charge in [-0.2, -0.15) is 0 Å². The minimum atomic E-state index is -0.0832. The van der Waals surface area contributed by atoms with Gasteiger partial charge in [-0.05, 0) is 111 Å². The predicted molar refractivity (Wildman–Crippen MR) is 123 cm³/mol. The first-order valence-corrected chi connectivity index (χ1v) is 13.3. The maximum atomic E-state index is 10.3. The topological polar surface area (TPSA) is 23.5 Å². The minimum Gasteiger partial charge on any atom is -0.393 e. The van der Waals surface area contributed by atoms with Crippen LogP contribution in [0.25, 0.3) is 0 Å². The summed E-state index contributed by atoms with van der Waals surface area (Å²) in [5.74, 6) is 5.29. The average Bonchev–Trinajstić information content (AvgIpc) is 3.13. The molecule has 6 rings (SSSR count). The molecule has 0 aromatic heterocycles. The number of hydrogen-bond acceptors (Lipinski definition) is 2. The lowest BCUT2D eigenvalue weighted by atomic mass is 9.46. The quantitative estimate of drug-likeness (QED) is 0.491. The molecule has 2 aliphatic heterocycles. The van der Waals surface area contributed by atoms with Gasteiger partial charge in [-0.1, -0.05) is 39.3 Å². The van der Waals surface area contributed by atoms with Gasteiger partial charge in [-0.15, -0.1) is 0 Å². The molecular weight excluding hydrogens is 366 g/mol. The fourth-order valence-electron chi connectivity index (χ4n) is 10.6. The number of allylic oxidation sites excluding steroid dienone is 1. The third-order valence-corrected chi connectivity index (χ3v) is 12.4. The Morgan fingerprint density at radius 1 is 1.00 bits per heavy atom. The Kier molecular flexibility index (Phi) is 4.31. The monoisotopic (exact) mass is 411 g/mol. The molecule has 2 saturated heterocycles. The molecule has 2 heterocycles. The standard InChI is InChI=1S/C28H45NO/c1-17-8-13-28(5)18(2)25-24(29(28)16-17)15-23-21-7-6-19-14-20(30)9-11-26(19,3)22(21)10-12-27(23,25)4/h6,17-18,20-25,30H,7-16H2,1-5H3/t17-,18-,20-,21+,22-,23+,24-,25-,26-,27-,28+/m0/s1. The first kappa shape index (κ1) is 20.3. The van der Waals surface area contributed by atoms with Gasteiger partial charge in [0.25, 0.3) is 0 Å². The van der Waals surface area contributed by atoms with E-state index in [1.165, 1.54) is 51.5 Å². The molecule has 0 spiro atoms. The molecule has 6 aliphatic rings. The number of aliphatic hydroxyl groups excluding tert-OH is 1. The van der Waals surface area contributed by atoms with E-state index in [1.54, 1.807) is 5.57 Å². The molecule has 0 aromatic carbocycles. The number of nitrogens with zero attached hydrogens (tertiary/aromatic N) is 1. The van der Waals surface area contributed by atoms with Crippen molar-refractivity contribution in [2.24, 2.45) is 46.3 Å². The van der Waals surface area contributed by atoms with Gasteiger partial charge in [-0.25, -0.2) is 0 Å². The van der Waals surface area contributed by atoms with Crippen molar-refractivity contribution in [1.29, 1.82) is 0 Å². The van der Waals surface area contributed by atoms with Gasteiger partial charge in [-0.3, -0.25) is 4.90 Å². The Morgan fingerprint density at radius 3 is 2.60 bits per heavy atom. The van der Waals surface area contributed by atoms with Gasteiger partial charge >= 0.3 is 0 Å². The van der Waals surface area contributed by atoms with Crippen LogP contribution in [-0.4, -0.2) is 34.2 Å². The molecule has 3 saturated carbocycles. The predicted octanol–water partition coefficient (Wildman–Crippen LogP) is 6.05. The highest BCUT2D eigenvalue weighted by atomic mass is 16.3. The van der Waals surface area contributed by atoms with Crippen molar-refractivity contribution in [2.45, 2.75) is 110 Å². The largest absolute Gasteiger partial charge is 0.393 e. The molecule has 30 heavy (non-hydrogen) atoms. The molecule has 5 fully saturated rings. The van der Waals surface area contributed by atoms with Gasteiger partial charge in [0.1, 0.15) is 0 Å². The van der Waals surface area contributed by atoms with Gasteiger partial charge in [0.2, 0.25) is 0 Å². The van der Waals surface area contributed by atoms with E-state index >= 15 is 0 Å². The number of hydrogen-bond donors (Lipinski definition) is 1. The number of aliphatic hydroxyl groups is 1. The van der Waals surface area contributed by atoms with Crippen LogP contribution in [0.2, 0.25) is 0 Å². The van der Waals surface area contributed by atoms with Crippen molar-refractivity contribution >= 4 is 0 Å². The van der Waals surface area contributed by atoms with Gasteiger partial charge in [0.15, 0.2) is 0 Å². The molecule has 4 aliphatic carbocycles. The second-order valence-electron chi connectivity index (χ2n) is 13.5. The number of fused-ring (bicyclic) bond motifs is 9. The summed E-state index contributed by atoms with van der Waals surface area (Å²) < 4.78 is 0. The summed E-state index contributed by atoms with van der Waals surface area (Å²) in [6.07, 6.45) is 14.2. The summed E-state index contributed by atoms with van der Waals surface area (Å²) in [5.41, 5.74) is 3.00. The van der Waals surface area contributed by atoms with Crippen LogP contribution in [0.4, 0.5) is 0 Å². The van der Waals surface area contributed by atoms with Crippen LogP contribution >= 0.6 is 0 Å². The van der Waals surface area contributed by atoms with E-state index in [2.05, 4.69) is 45.6 Å². The number of piperidine rings is 1. The van der Waals surface area contributed by atoms with Crippen molar-refractivity contribution < 1.29 is 5.11 Å². The summed E-state index contributed by atoms with van der Waals surface area (Å²) >= 11 is 0. The maximum absolute atomic E-state index is 10.3. The van der Waals surface area contributed by atoms with E-state index in [-0.39, 0.29) is 6.10 Å². The minimum absolute atomic E-state index is 0.0832. The van der Waals surface area contributed by atoms with Crippen LogP contribution in [-0.2, 0) is 0 Å². The zero-order chi connectivity index (χ0) is 21.1. The molecule has 0 aromatic rings. The van der Waals surface area contributed by atoms with Crippen LogP contribution < -0.4 is 0 Å². The second kappa shape index (κ2) is 6.37. The fourth-order valence-corrected chi connectivity index (χ4v) is 10.6. The van der Waals surface area contributed by atoms with E-state index < -0.39 is 0 Å². The third-order valence-electron chi connectivity index (χ3n) is 12.4. The summed E-state index contributed by atoms with van der Waals surface area (Å²) in [6.45, 7) is 14.4. The third kappa shape index (κ3) is 2.39. The van der Waals surface area contributed by atoms with E-state index in [4.69, 9.17) is 0 Å². The van der Waals surface area contributed by atoms with Crippen molar-refractivity contribution in [1.82, 2.24) is 4.90 Å². The Hall–Kier alpha value is -0.340. The number of rotatable bonds is 0. The zero-order valence-electron chi connectivity index (χ0n) is 20.2. The lowest BCUT2D eigenvalue weighted by Gasteiger charge is -2.58. The smallest absolute Gasteiger partial charge is 0.0577 e. The summed E-state index contributed by atoms with van der Waals surface area (Å²) in [6, 6.07) is 0.841. The summed E-state index contributed by atoms with van der Waals surface area (Å²) in [5, 5.41) is 10.3. The highest BCUT2D eigenvalue weighted by molar-refractivity contribution is 5.27. The first-order chi connectivity index (χ1) is 14.2. The van der Waals surface area contributed by atoms with Gasteiger partial charge in [0, 0.05) is 18.1 Å². The summed E-state index contributed by atoms with van der Waals surface area (Å²) in [7, 11) is 0. The van der Waals surface area contributed by atoms with E-state index in [9.17, 15) is 5.11 Å². The molecule has 0 radical (unpaired) electrons. The first-order valence-electron chi connectivity index (χ1n) is 13.3. The van der Waals surface area contributed by atoms with Crippen molar-refractivity contribution in [3.05, 3.63) is 11.6 Å². The Bertz CT molecular complexity index is 760. The molecule has 2 heteroatoms. The van der Waals surface area contributed by atoms with Crippen LogP contribution in [0.1, 0.15) is 92.4 Å². The highest BCUT2D eigenvalue weighted by Crippen LogP contribution is 2.71. The average molecular weight is 412 g/mol.